The van der Waals surface area contributed by atoms with Crippen LogP contribution >= 0.6 is 23.2 Å². The number of rotatable bonds is 14. The summed E-state index contributed by atoms with van der Waals surface area (Å²) in [7, 11) is -3.55. The monoisotopic (exact) mass is 583 g/mol. The zero-order valence-electron chi connectivity index (χ0n) is 22.8. The number of amides is 2. The van der Waals surface area contributed by atoms with Crippen molar-refractivity contribution in [2.75, 3.05) is 17.1 Å². The molecule has 0 bridgehead atoms. The topological polar surface area (TPSA) is 86.8 Å². The number of benzene rings is 2. The quantitative estimate of drug-likeness (QED) is 0.303. The van der Waals surface area contributed by atoms with Crippen molar-refractivity contribution < 1.29 is 18.0 Å². The molecule has 0 fully saturated rings. The summed E-state index contributed by atoms with van der Waals surface area (Å²) in [5, 5.41) is 3.75. The first-order valence-electron chi connectivity index (χ1n) is 13.0. The normalized spacial score (nSPS) is 13.0. The first-order chi connectivity index (χ1) is 17.9. The fourth-order valence-electron chi connectivity index (χ4n) is 4.10. The van der Waals surface area contributed by atoms with E-state index in [-0.39, 0.29) is 37.4 Å². The van der Waals surface area contributed by atoms with E-state index in [1.54, 1.807) is 35.2 Å². The van der Waals surface area contributed by atoms with Crippen LogP contribution in [-0.2, 0) is 32.6 Å². The van der Waals surface area contributed by atoms with Gasteiger partial charge in [-0.3, -0.25) is 13.9 Å². The average molecular weight is 585 g/mol. The van der Waals surface area contributed by atoms with Gasteiger partial charge in [0.2, 0.25) is 21.8 Å². The second kappa shape index (κ2) is 14.8. The zero-order chi connectivity index (χ0) is 28.5. The minimum absolute atomic E-state index is 0.0269. The third-order valence-electron chi connectivity index (χ3n) is 6.51. The number of anilines is 1. The van der Waals surface area contributed by atoms with E-state index in [2.05, 4.69) is 5.32 Å². The SMILES string of the molecule is CCc1ccc(N(CCCC(=O)N(Cc2ccc(Cl)c(Cl)c2)[C@H](CC)C(=O)N[C@@H](C)CC)S(C)(=O)=O)cc1. The van der Waals surface area contributed by atoms with E-state index in [1.165, 1.54) is 4.31 Å². The molecule has 0 saturated heterocycles. The van der Waals surface area contributed by atoms with Gasteiger partial charge in [0.1, 0.15) is 6.04 Å². The Hall–Kier alpha value is -2.29. The van der Waals surface area contributed by atoms with Crippen LogP contribution in [0.1, 0.15) is 64.5 Å². The van der Waals surface area contributed by atoms with Crippen LogP contribution in [0.25, 0.3) is 0 Å². The van der Waals surface area contributed by atoms with Gasteiger partial charge in [0.15, 0.2) is 0 Å². The highest BCUT2D eigenvalue weighted by atomic mass is 35.5. The molecule has 2 amide bonds. The lowest BCUT2D eigenvalue weighted by atomic mass is 10.1. The molecule has 0 heterocycles. The Kier molecular flexibility index (Phi) is 12.4. The van der Waals surface area contributed by atoms with Gasteiger partial charge in [-0.1, -0.05) is 62.2 Å². The van der Waals surface area contributed by atoms with Crippen LogP contribution < -0.4 is 9.62 Å². The van der Waals surface area contributed by atoms with Gasteiger partial charge in [-0.15, -0.1) is 0 Å². The van der Waals surface area contributed by atoms with Crippen LogP contribution in [0.15, 0.2) is 42.5 Å². The minimum atomic E-state index is -3.55. The molecule has 210 valence electrons. The molecule has 0 saturated carbocycles. The van der Waals surface area contributed by atoms with Gasteiger partial charge < -0.3 is 10.2 Å². The number of hydrogen-bond donors (Lipinski definition) is 1. The molecule has 0 radical (unpaired) electrons. The highest BCUT2D eigenvalue weighted by molar-refractivity contribution is 7.92. The Balaban J connectivity index is 2.24. The largest absolute Gasteiger partial charge is 0.352 e. The van der Waals surface area contributed by atoms with Gasteiger partial charge in [-0.25, -0.2) is 8.42 Å². The Labute approximate surface area is 237 Å². The molecule has 2 rings (SSSR count). The standard InChI is InChI=1S/C28H39Cl2N3O4S/c1-6-20(4)31-28(35)26(8-3)32(19-22-13-16-24(29)25(30)18-22)27(34)10-9-17-33(38(5,36)37)23-14-11-21(7-2)12-15-23/h11-16,18,20,26H,6-10,17,19H2,1-5H3,(H,31,35)/t20-,26+/m0/s1. The molecule has 0 aliphatic heterocycles. The molecule has 0 unspecified atom stereocenters. The Bertz CT molecular complexity index is 1190. The van der Waals surface area contributed by atoms with Crippen LogP contribution in [0.4, 0.5) is 5.69 Å². The molecular formula is C28H39Cl2N3O4S. The molecule has 2 aromatic carbocycles. The van der Waals surface area contributed by atoms with E-state index in [4.69, 9.17) is 23.2 Å². The lowest BCUT2D eigenvalue weighted by Gasteiger charge is -2.32. The summed E-state index contributed by atoms with van der Waals surface area (Å²) in [5.41, 5.74) is 2.41. The molecule has 2 aromatic rings. The average Bonchev–Trinajstić information content (AvgIpc) is 2.87. The first-order valence-corrected chi connectivity index (χ1v) is 15.6. The third kappa shape index (κ3) is 9.17. The summed E-state index contributed by atoms with van der Waals surface area (Å²) in [5.74, 6) is -0.457. The second-order valence-corrected chi connectivity index (χ2v) is 12.2. The van der Waals surface area contributed by atoms with E-state index in [0.717, 1.165) is 30.2 Å². The van der Waals surface area contributed by atoms with Crippen LogP contribution in [0, 0.1) is 0 Å². The molecule has 0 spiro atoms. The fraction of sp³-hybridized carbons (Fsp3) is 0.500. The lowest BCUT2D eigenvalue weighted by Crippen LogP contribution is -2.50. The summed E-state index contributed by atoms with van der Waals surface area (Å²) < 4.78 is 26.4. The van der Waals surface area contributed by atoms with Crippen molar-refractivity contribution in [2.45, 2.75) is 78.4 Å². The number of halogens is 2. The number of carbonyl (C=O) groups is 2. The summed E-state index contributed by atoms with van der Waals surface area (Å²) in [6.45, 7) is 8.12. The van der Waals surface area contributed by atoms with E-state index in [1.807, 2.05) is 39.8 Å². The number of hydrogen-bond acceptors (Lipinski definition) is 4. The maximum Gasteiger partial charge on any atom is 0.243 e. The van der Waals surface area contributed by atoms with Crippen LogP contribution in [0.3, 0.4) is 0 Å². The van der Waals surface area contributed by atoms with Gasteiger partial charge in [0.25, 0.3) is 0 Å². The number of carbonyl (C=O) groups excluding carboxylic acids is 2. The molecular weight excluding hydrogens is 545 g/mol. The van der Waals surface area contributed by atoms with Gasteiger partial charge in [0, 0.05) is 25.6 Å². The molecule has 0 aliphatic carbocycles. The summed E-state index contributed by atoms with van der Waals surface area (Å²) in [6.07, 6.45) is 3.57. The van der Waals surface area contributed by atoms with Crippen molar-refractivity contribution in [3.8, 4) is 0 Å². The van der Waals surface area contributed by atoms with Crippen LogP contribution in [0.2, 0.25) is 10.0 Å². The number of nitrogens with zero attached hydrogens (tertiary/aromatic N) is 2. The van der Waals surface area contributed by atoms with Gasteiger partial charge in [0.05, 0.1) is 22.0 Å². The lowest BCUT2D eigenvalue weighted by molar-refractivity contribution is -0.141. The van der Waals surface area contributed by atoms with Gasteiger partial charge in [-0.2, -0.15) is 0 Å². The summed E-state index contributed by atoms with van der Waals surface area (Å²) in [4.78, 5) is 28.2. The Morgan fingerprint density at radius 3 is 2.11 bits per heavy atom. The summed E-state index contributed by atoms with van der Waals surface area (Å²) in [6, 6.07) is 11.8. The zero-order valence-corrected chi connectivity index (χ0v) is 25.2. The number of nitrogens with one attached hydrogen (secondary N) is 1. The van der Waals surface area contributed by atoms with Crippen LogP contribution in [0.5, 0.6) is 0 Å². The molecule has 1 N–H and O–H groups in total. The van der Waals surface area contributed by atoms with E-state index >= 15 is 0 Å². The van der Waals surface area contributed by atoms with Crippen molar-refractivity contribution >= 4 is 50.7 Å². The maximum atomic E-state index is 13.5. The number of sulfonamides is 1. The molecule has 10 heteroatoms. The van der Waals surface area contributed by atoms with E-state index in [0.29, 0.717) is 28.6 Å². The van der Waals surface area contributed by atoms with Crippen molar-refractivity contribution in [3.63, 3.8) is 0 Å². The predicted octanol–water partition coefficient (Wildman–Crippen LogP) is 5.82. The van der Waals surface area contributed by atoms with Crippen LogP contribution in [-0.4, -0.2) is 50.0 Å². The Morgan fingerprint density at radius 2 is 1.58 bits per heavy atom. The predicted molar refractivity (Wildman–Crippen MR) is 156 cm³/mol. The fourth-order valence-corrected chi connectivity index (χ4v) is 5.38. The van der Waals surface area contributed by atoms with Crippen molar-refractivity contribution in [1.82, 2.24) is 10.2 Å². The Morgan fingerprint density at radius 1 is 0.947 bits per heavy atom. The molecule has 7 nitrogen and oxygen atoms in total. The minimum Gasteiger partial charge on any atom is -0.352 e. The first kappa shape index (κ1) is 31.9. The van der Waals surface area contributed by atoms with Gasteiger partial charge >= 0.3 is 0 Å². The van der Waals surface area contributed by atoms with E-state index < -0.39 is 16.1 Å². The molecule has 38 heavy (non-hydrogen) atoms. The molecule has 0 aromatic heterocycles. The highest BCUT2D eigenvalue weighted by Crippen LogP contribution is 2.25. The maximum absolute atomic E-state index is 13.5. The second-order valence-electron chi connectivity index (χ2n) is 9.47. The summed E-state index contributed by atoms with van der Waals surface area (Å²) >= 11 is 12.3. The van der Waals surface area contributed by atoms with E-state index in [9.17, 15) is 18.0 Å². The highest BCUT2D eigenvalue weighted by Gasteiger charge is 2.29. The molecule has 0 aliphatic rings. The number of aryl methyl sites for hydroxylation is 1. The van der Waals surface area contributed by atoms with Crippen molar-refractivity contribution in [3.05, 3.63) is 63.6 Å². The van der Waals surface area contributed by atoms with Crippen molar-refractivity contribution in [1.29, 1.82) is 0 Å². The van der Waals surface area contributed by atoms with Crippen molar-refractivity contribution in [2.24, 2.45) is 0 Å². The third-order valence-corrected chi connectivity index (χ3v) is 8.44. The smallest absolute Gasteiger partial charge is 0.243 e. The van der Waals surface area contributed by atoms with Gasteiger partial charge in [-0.05, 0) is 68.0 Å². The molecule has 2 atom stereocenters.